The van der Waals surface area contributed by atoms with Crippen LogP contribution in [0.3, 0.4) is 0 Å². The van der Waals surface area contributed by atoms with Crippen LogP contribution in [0.4, 0.5) is 23.1 Å². The quantitative estimate of drug-likeness (QED) is 0.719. The van der Waals surface area contributed by atoms with Gasteiger partial charge in [-0.2, -0.15) is 10.1 Å². The van der Waals surface area contributed by atoms with Gasteiger partial charge in [-0.25, -0.2) is 0 Å². The Balaban J connectivity index is 1.70. The maximum absolute atomic E-state index is 5.14. The highest BCUT2D eigenvalue weighted by atomic mass is 16.5. The van der Waals surface area contributed by atoms with E-state index in [9.17, 15) is 0 Å². The second-order valence-electron chi connectivity index (χ2n) is 4.87. The highest BCUT2D eigenvalue weighted by Crippen LogP contribution is 2.20. The summed E-state index contributed by atoms with van der Waals surface area (Å²) in [5.41, 5.74) is 1.73. The molecule has 0 aliphatic rings. The maximum atomic E-state index is 5.14. The van der Waals surface area contributed by atoms with Crippen LogP contribution in [0, 0.1) is 0 Å². The van der Waals surface area contributed by atoms with Gasteiger partial charge in [0.15, 0.2) is 5.82 Å². The van der Waals surface area contributed by atoms with Gasteiger partial charge in [-0.1, -0.05) is 0 Å². The first-order valence-electron chi connectivity index (χ1n) is 7.29. The van der Waals surface area contributed by atoms with Crippen molar-refractivity contribution in [2.24, 2.45) is 0 Å². The zero-order valence-electron chi connectivity index (χ0n) is 13.4. The summed E-state index contributed by atoms with van der Waals surface area (Å²) < 4.78 is 10.3. The molecule has 0 amide bonds. The zero-order chi connectivity index (χ0) is 16.8. The Kier molecular flexibility index (Phi) is 4.71. The first-order valence-corrected chi connectivity index (χ1v) is 7.29. The molecule has 1 aromatic heterocycles. The van der Waals surface area contributed by atoms with E-state index in [1.807, 2.05) is 48.5 Å². The van der Waals surface area contributed by atoms with Gasteiger partial charge in [0.25, 0.3) is 0 Å². The number of hydrogen-bond donors (Lipinski definition) is 2. The van der Waals surface area contributed by atoms with Crippen molar-refractivity contribution in [1.29, 1.82) is 0 Å². The third-order valence-electron chi connectivity index (χ3n) is 3.27. The molecule has 0 radical (unpaired) electrons. The molecule has 7 heteroatoms. The monoisotopic (exact) mass is 323 g/mol. The molecule has 122 valence electrons. The number of nitrogens with zero attached hydrogens (tertiary/aromatic N) is 3. The predicted octanol–water partition coefficient (Wildman–Crippen LogP) is 3.38. The van der Waals surface area contributed by atoms with Crippen molar-refractivity contribution in [3.63, 3.8) is 0 Å². The number of benzene rings is 2. The van der Waals surface area contributed by atoms with E-state index in [-0.39, 0.29) is 0 Å². The van der Waals surface area contributed by atoms with Crippen LogP contribution < -0.4 is 20.1 Å². The van der Waals surface area contributed by atoms with Gasteiger partial charge < -0.3 is 20.1 Å². The van der Waals surface area contributed by atoms with E-state index < -0.39 is 0 Å². The number of hydrogen-bond acceptors (Lipinski definition) is 7. The van der Waals surface area contributed by atoms with Crippen LogP contribution in [0.5, 0.6) is 11.5 Å². The Morgan fingerprint density at radius 1 is 0.750 bits per heavy atom. The SMILES string of the molecule is COc1ccc(Nc2cnnc(Nc3ccc(OC)cc3)n2)cc1. The van der Waals surface area contributed by atoms with Gasteiger partial charge in [-0.15, -0.1) is 5.10 Å². The number of aromatic nitrogens is 3. The fourth-order valence-electron chi connectivity index (χ4n) is 2.04. The summed E-state index contributed by atoms with van der Waals surface area (Å²) in [6, 6.07) is 15.0. The van der Waals surface area contributed by atoms with Gasteiger partial charge in [0.05, 0.1) is 20.4 Å². The Morgan fingerprint density at radius 2 is 1.29 bits per heavy atom. The lowest BCUT2D eigenvalue weighted by Crippen LogP contribution is -2.02. The second kappa shape index (κ2) is 7.28. The minimum absolute atomic E-state index is 0.402. The van der Waals surface area contributed by atoms with Crippen LogP contribution in [0.2, 0.25) is 0 Å². The summed E-state index contributed by atoms with van der Waals surface area (Å²) in [6.45, 7) is 0. The van der Waals surface area contributed by atoms with Crippen molar-refractivity contribution >= 4 is 23.1 Å². The van der Waals surface area contributed by atoms with Crippen molar-refractivity contribution in [2.45, 2.75) is 0 Å². The van der Waals surface area contributed by atoms with Crippen LogP contribution in [0.25, 0.3) is 0 Å². The van der Waals surface area contributed by atoms with E-state index in [0.717, 1.165) is 22.9 Å². The van der Waals surface area contributed by atoms with Crippen LogP contribution in [0.1, 0.15) is 0 Å². The van der Waals surface area contributed by atoms with Gasteiger partial charge in [0.1, 0.15) is 11.5 Å². The average molecular weight is 323 g/mol. The molecule has 0 aliphatic heterocycles. The van der Waals surface area contributed by atoms with E-state index in [2.05, 4.69) is 25.8 Å². The fraction of sp³-hybridized carbons (Fsp3) is 0.118. The molecule has 2 aromatic carbocycles. The zero-order valence-corrected chi connectivity index (χ0v) is 13.4. The van der Waals surface area contributed by atoms with Crippen LogP contribution in [-0.2, 0) is 0 Å². The topological polar surface area (TPSA) is 81.2 Å². The van der Waals surface area contributed by atoms with Gasteiger partial charge in [-0.05, 0) is 48.5 Å². The molecule has 0 saturated carbocycles. The second-order valence-corrected chi connectivity index (χ2v) is 4.87. The normalized spacial score (nSPS) is 10.1. The summed E-state index contributed by atoms with van der Waals surface area (Å²) in [4.78, 5) is 4.39. The Hall–Kier alpha value is -3.35. The molecule has 0 aliphatic carbocycles. The molecular weight excluding hydrogens is 306 g/mol. The molecule has 3 aromatic rings. The minimum atomic E-state index is 0.402. The van der Waals surface area contributed by atoms with Crippen molar-refractivity contribution in [1.82, 2.24) is 15.2 Å². The summed E-state index contributed by atoms with van der Waals surface area (Å²) in [6.07, 6.45) is 1.56. The van der Waals surface area contributed by atoms with Crippen molar-refractivity contribution in [3.8, 4) is 11.5 Å². The van der Waals surface area contributed by atoms with Gasteiger partial charge in [-0.3, -0.25) is 0 Å². The molecule has 0 spiro atoms. The summed E-state index contributed by atoms with van der Waals surface area (Å²) in [5.74, 6) is 2.57. The number of anilines is 4. The molecule has 0 bridgehead atoms. The third kappa shape index (κ3) is 3.89. The van der Waals surface area contributed by atoms with Crippen molar-refractivity contribution < 1.29 is 9.47 Å². The smallest absolute Gasteiger partial charge is 0.249 e. The highest BCUT2D eigenvalue weighted by molar-refractivity contribution is 5.59. The number of nitrogens with one attached hydrogen (secondary N) is 2. The summed E-state index contributed by atoms with van der Waals surface area (Å²) in [7, 11) is 3.26. The average Bonchev–Trinajstić information content (AvgIpc) is 2.63. The van der Waals surface area contributed by atoms with Crippen molar-refractivity contribution in [3.05, 3.63) is 54.7 Å². The first kappa shape index (κ1) is 15.5. The lowest BCUT2D eigenvalue weighted by Gasteiger charge is -2.08. The number of ether oxygens (including phenoxy) is 2. The molecule has 0 fully saturated rings. The molecule has 1 heterocycles. The fourth-order valence-corrected chi connectivity index (χ4v) is 2.04. The lowest BCUT2D eigenvalue weighted by atomic mass is 10.3. The van der Waals surface area contributed by atoms with Crippen LogP contribution in [-0.4, -0.2) is 29.4 Å². The maximum Gasteiger partial charge on any atom is 0.249 e. The number of methoxy groups -OCH3 is 2. The minimum Gasteiger partial charge on any atom is -0.497 e. The van der Waals surface area contributed by atoms with Gasteiger partial charge in [0.2, 0.25) is 5.95 Å². The molecule has 2 N–H and O–H groups in total. The predicted molar refractivity (Wildman–Crippen MR) is 92.4 cm³/mol. The van der Waals surface area contributed by atoms with Gasteiger partial charge >= 0.3 is 0 Å². The van der Waals surface area contributed by atoms with E-state index in [0.29, 0.717) is 11.8 Å². The summed E-state index contributed by atoms with van der Waals surface area (Å²) >= 11 is 0. The lowest BCUT2D eigenvalue weighted by molar-refractivity contribution is 0.415. The van der Waals surface area contributed by atoms with Crippen LogP contribution >= 0.6 is 0 Å². The molecule has 0 saturated heterocycles. The Bertz CT molecular complexity index is 726. The highest BCUT2D eigenvalue weighted by Gasteiger charge is 2.03. The van der Waals surface area contributed by atoms with E-state index >= 15 is 0 Å². The Labute approximate surface area is 139 Å². The molecular formula is C17H17N5O2. The molecule has 24 heavy (non-hydrogen) atoms. The molecule has 0 atom stereocenters. The summed E-state index contributed by atoms with van der Waals surface area (Å²) in [5, 5.41) is 14.2. The standard InChI is InChI=1S/C17H17N5O2/c1-23-14-7-3-12(4-8-14)19-16-11-18-22-17(21-16)20-13-5-9-15(24-2)10-6-13/h3-11H,1-2H3,(H2,19,20,21,22). The van der Waals surface area contributed by atoms with E-state index in [1.165, 1.54) is 0 Å². The van der Waals surface area contributed by atoms with Gasteiger partial charge in [0, 0.05) is 11.4 Å². The van der Waals surface area contributed by atoms with E-state index in [4.69, 9.17) is 9.47 Å². The molecule has 7 nitrogen and oxygen atoms in total. The first-order chi connectivity index (χ1) is 11.8. The van der Waals surface area contributed by atoms with Crippen LogP contribution in [0.15, 0.2) is 54.7 Å². The third-order valence-corrected chi connectivity index (χ3v) is 3.27. The number of rotatable bonds is 6. The molecule has 3 rings (SSSR count). The van der Waals surface area contributed by atoms with Crippen molar-refractivity contribution in [2.75, 3.05) is 24.9 Å². The molecule has 0 unspecified atom stereocenters. The largest absolute Gasteiger partial charge is 0.497 e. The van der Waals surface area contributed by atoms with E-state index in [1.54, 1.807) is 20.4 Å². The Morgan fingerprint density at radius 3 is 1.83 bits per heavy atom.